The van der Waals surface area contributed by atoms with Crippen LogP contribution in [0, 0.1) is 12.3 Å². The topological polar surface area (TPSA) is 127 Å². The highest BCUT2D eigenvalue weighted by atomic mass is 16.7. The minimum atomic E-state index is -2.13. The molecule has 1 aromatic carbocycles. The molecule has 11 nitrogen and oxygen atoms in total. The van der Waals surface area contributed by atoms with E-state index in [1.165, 1.54) is 6.92 Å². The summed E-state index contributed by atoms with van der Waals surface area (Å²) in [5.41, 5.74) is -0.717. The van der Waals surface area contributed by atoms with Gasteiger partial charge in [-0.1, -0.05) is 12.1 Å². The molecular weight excluding hydrogens is 534 g/mol. The Bertz CT molecular complexity index is 1050. The molecule has 0 radical (unpaired) electrons. The minimum absolute atomic E-state index is 0.00516. The van der Waals surface area contributed by atoms with Gasteiger partial charge in [-0.05, 0) is 58.2 Å². The van der Waals surface area contributed by atoms with Gasteiger partial charge in [-0.2, -0.15) is 0 Å². The van der Waals surface area contributed by atoms with Crippen LogP contribution >= 0.6 is 0 Å². The fraction of sp³-hybridized carbons (Fsp3) is 0.600. The maximum atomic E-state index is 13.3. The van der Waals surface area contributed by atoms with Crippen LogP contribution in [0.15, 0.2) is 24.3 Å². The van der Waals surface area contributed by atoms with Crippen LogP contribution in [-0.4, -0.2) is 80.9 Å². The maximum absolute atomic E-state index is 13.3. The van der Waals surface area contributed by atoms with E-state index in [1.807, 2.05) is 17.0 Å². The van der Waals surface area contributed by atoms with Gasteiger partial charge in [0.25, 0.3) is 5.60 Å². The quantitative estimate of drug-likeness (QED) is 0.0949. The summed E-state index contributed by atoms with van der Waals surface area (Å²) in [4.78, 5) is 52.3. The van der Waals surface area contributed by atoms with Crippen molar-refractivity contribution < 1.29 is 47.6 Å². The summed E-state index contributed by atoms with van der Waals surface area (Å²) < 4.78 is 32.5. The molecule has 0 saturated carbocycles. The monoisotopic (exact) mass is 575 g/mol. The van der Waals surface area contributed by atoms with Crippen molar-refractivity contribution >= 4 is 29.6 Å². The molecule has 0 aliphatic carbocycles. The zero-order chi connectivity index (χ0) is 30.4. The first-order chi connectivity index (χ1) is 19.6. The van der Waals surface area contributed by atoms with Crippen molar-refractivity contribution in [3.05, 3.63) is 29.8 Å². The molecule has 1 aromatic rings. The predicted molar refractivity (Wildman–Crippen MR) is 149 cm³/mol. The Morgan fingerprint density at radius 2 is 1.63 bits per heavy atom. The van der Waals surface area contributed by atoms with Gasteiger partial charge < -0.3 is 33.3 Å². The molecule has 1 fully saturated rings. The van der Waals surface area contributed by atoms with Crippen molar-refractivity contribution in [3.8, 4) is 12.3 Å². The average Bonchev–Trinajstić information content (AvgIpc) is 3.42. The van der Waals surface area contributed by atoms with Crippen LogP contribution in [0.1, 0.15) is 59.4 Å². The number of terminal acetylenes is 1. The summed E-state index contributed by atoms with van der Waals surface area (Å²) in [7, 11) is 0. The van der Waals surface area contributed by atoms with Crippen LogP contribution in [0.4, 0.5) is 5.69 Å². The van der Waals surface area contributed by atoms with E-state index < -0.39 is 35.9 Å². The molecule has 3 unspecified atom stereocenters. The van der Waals surface area contributed by atoms with E-state index in [-0.39, 0.29) is 44.7 Å². The Hall–Kier alpha value is -3.62. The number of hydrogen-bond donors (Lipinski definition) is 0. The van der Waals surface area contributed by atoms with Crippen LogP contribution in [0.3, 0.4) is 0 Å². The van der Waals surface area contributed by atoms with Gasteiger partial charge in [0.2, 0.25) is 6.29 Å². The van der Waals surface area contributed by atoms with Gasteiger partial charge in [0.05, 0.1) is 39.0 Å². The molecule has 1 aliphatic heterocycles. The second-order valence-corrected chi connectivity index (χ2v) is 9.42. The molecular formula is C30H41NO10. The smallest absolute Gasteiger partial charge is 0.350 e. The lowest BCUT2D eigenvalue weighted by molar-refractivity contribution is -0.207. The number of esters is 4. The highest BCUT2D eigenvalue weighted by molar-refractivity contribution is 6.04. The summed E-state index contributed by atoms with van der Waals surface area (Å²) >= 11 is 0. The number of ether oxygens (including phenoxy) is 6. The molecule has 2 rings (SSSR count). The SMILES string of the molecule is C#CCC(OC(C)=O)OC(C)COC(Cc1ccc(N2CCCC2C(=O)OCC)cc1)(C(=O)OCC)C(=O)OCC. The van der Waals surface area contributed by atoms with E-state index >= 15 is 0 Å². The number of anilines is 1. The van der Waals surface area contributed by atoms with Gasteiger partial charge in [0.1, 0.15) is 6.04 Å². The van der Waals surface area contributed by atoms with Crippen LogP contribution in [0.5, 0.6) is 0 Å². The summed E-state index contributed by atoms with van der Waals surface area (Å²) in [6.45, 7) is 8.65. The molecule has 0 spiro atoms. The third-order valence-corrected chi connectivity index (χ3v) is 6.27. The Kier molecular flexibility index (Phi) is 13.6. The fourth-order valence-electron chi connectivity index (χ4n) is 4.50. The molecule has 11 heteroatoms. The van der Waals surface area contributed by atoms with Crippen molar-refractivity contribution in [2.45, 2.75) is 84.3 Å². The van der Waals surface area contributed by atoms with Crippen molar-refractivity contribution in [2.75, 3.05) is 37.9 Å². The lowest BCUT2D eigenvalue weighted by Gasteiger charge is -2.31. The van der Waals surface area contributed by atoms with Crippen molar-refractivity contribution in [3.63, 3.8) is 0 Å². The Morgan fingerprint density at radius 3 is 2.17 bits per heavy atom. The Labute approximate surface area is 241 Å². The van der Waals surface area contributed by atoms with E-state index in [0.717, 1.165) is 12.1 Å². The second kappa shape index (κ2) is 16.6. The first kappa shape index (κ1) is 33.6. The van der Waals surface area contributed by atoms with Crippen molar-refractivity contribution in [1.29, 1.82) is 0 Å². The van der Waals surface area contributed by atoms with Gasteiger partial charge in [0.15, 0.2) is 0 Å². The summed E-state index contributed by atoms with van der Waals surface area (Å²) in [6.07, 6.45) is 4.97. The fourth-order valence-corrected chi connectivity index (χ4v) is 4.50. The first-order valence-corrected chi connectivity index (χ1v) is 13.9. The van der Waals surface area contributed by atoms with Gasteiger partial charge >= 0.3 is 23.9 Å². The largest absolute Gasteiger partial charge is 0.464 e. The van der Waals surface area contributed by atoms with Crippen LogP contribution in [0.2, 0.25) is 0 Å². The normalized spacial score (nSPS) is 16.3. The lowest BCUT2D eigenvalue weighted by Crippen LogP contribution is -2.54. The zero-order valence-corrected chi connectivity index (χ0v) is 24.5. The molecule has 41 heavy (non-hydrogen) atoms. The van der Waals surface area contributed by atoms with Gasteiger partial charge in [-0.25, -0.2) is 14.4 Å². The molecule has 1 saturated heterocycles. The molecule has 0 bridgehead atoms. The lowest BCUT2D eigenvalue weighted by atomic mass is 9.93. The van der Waals surface area contributed by atoms with Crippen molar-refractivity contribution in [1.82, 2.24) is 0 Å². The summed E-state index contributed by atoms with van der Waals surface area (Å²) in [5, 5.41) is 0. The standard InChI is InChI=1S/C30H41NO10/c1-7-12-26(41-22(6)32)40-21(5)20-39-30(28(34)37-9-3,29(35)38-10-4)19-23-14-16-24(17-15-23)31-18-11-13-25(31)27(33)36-8-2/h1,14-17,21,25-26H,8-13,18-20H2,2-6H3. The number of carbonyl (C=O) groups excluding carboxylic acids is 4. The maximum Gasteiger partial charge on any atom is 0.350 e. The first-order valence-electron chi connectivity index (χ1n) is 13.9. The van der Waals surface area contributed by atoms with E-state index in [1.54, 1.807) is 39.8 Å². The van der Waals surface area contributed by atoms with Crippen LogP contribution in [0.25, 0.3) is 0 Å². The zero-order valence-electron chi connectivity index (χ0n) is 24.5. The highest BCUT2D eigenvalue weighted by Crippen LogP contribution is 2.29. The number of rotatable bonds is 16. The number of nitrogens with zero attached hydrogens (tertiary/aromatic N) is 1. The molecule has 0 amide bonds. The number of carbonyl (C=O) groups is 4. The van der Waals surface area contributed by atoms with E-state index in [0.29, 0.717) is 25.1 Å². The molecule has 0 N–H and O–H groups in total. The third kappa shape index (κ3) is 9.47. The molecule has 3 atom stereocenters. The average molecular weight is 576 g/mol. The molecule has 1 heterocycles. The second-order valence-electron chi connectivity index (χ2n) is 9.42. The summed E-state index contributed by atoms with van der Waals surface area (Å²) in [5.74, 6) is -0.274. The van der Waals surface area contributed by atoms with Crippen LogP contribution in [-0.2, 0) is 54.0 Å². The number of benzene rings is 1. The third-order valence-electron chi connectivity index (χ3n) is 6.27. The molecule has 226 valence electrons. The van der Waals surface area contributed by atoms with E-state index in [9.17, 15) is 19.2 Å². The molecule has 1 aliphatic rings. The van der Waals surface area contributed by atoms with Gasteiger partial charge in [-0.15, -0.1) is 12.3 Å². The Balaban J connectivity index is 2.31. The van der Waals surface area contributed by atoms with E-state index in [4.69, 9.17) is 34.8 Å². The highest BCUT2D eigenvalue weighted by Gasteiger charge is 2.51. The predicted octanol–water partition coefficient (Wildman–Crippen LogP) is 2.96. The van der Waals surface area contributed by atoms with Gasteiger partial charge in [-0.3, -0.25) is 4.79 Å². The van der Waals surface area contributed by atoms with Gasteiger partial charge in [0, 0.05) is 25.6 Å². The van der Waals surface area contributed by atoms with E-state index in [2.05, 4.69) is 5.92 Å². The van der Waals surface area contributed by atoms with Crippen LogP contribution < -0.4 is 4.90 Å². The van der Waals surface area contributed by atoms with Crippen molar-refractivity contribution in [2.24, 2.45) is 0 Å². The summed E-state index contributed by atoms with van der Waals surface area (Å²) in [6, 6.07) is 6.80. The minimum Gasteiger partial charge on any atom is -0.464 e. The molecule has 0 aromatic heterocycles. The number of hydrogen-bond acceptors (Lipinski definition) is 11. The Morgan fingerprint density at radius 1 is 1.02 bits per heavy atom.